The minimum absolute atomic E-state index is 0.0649. The molecule has 0 saturated carbocycles. The van der Waals surface area contributed by atoms with E-state index in [9.17, 15) is 24.0 Å². The van der Waals surface area contributed by atoms with Crippen LogP contribution in [-0.2, 0) is 23.9 Å². The summed E-state index contributed by atoms with van der Waals surface area (Å²) in [7, 11) is 2.69. The second-order valence-corrected chi connectivity index (χ2v) is 11.6. The first-order valence-corrected chi connectivity index (χ1v) is 15.0. The van der Waals surface area contributed by atoms with Crippen LogP contribution in [0.1, 0.15) is 70.7 Å². The molecule has 0 spiro atoms. The van der Waals surface area contributed by atoms with Gasteiger partial charge in [-0.2, -0.15) is 11.8 Å². The smallest absolute Gasteiger partial charge is 0.408 e. The Morgan fingerprint density at radius 2 is 1.54 bits per heavy atom. The summed E-state index contributed by atoms with van der Waals surface area (Å²) in [5.41, 5.74) is -0.429. The molecule has 3 amide bonds. The molecule has 0 saturated heterocycles. The number of ether oxygens (including phenoxy) is 3. The first-order valence-electron chi connectivity index (χ1n) is 13.6. The molecule has 230 valence electrons. The Morgan fingerprint density at radius 3 is 2.10 bits per heavy atom. The zero-order valence-electron chi connectivity index (χ0n) is 25.3. The Bertz CT molecular complexity index is 1040. The van der Waals surface area contributed by atoms with E-state index in [1.807, 2.05) is 13.2 Å². The molecule has 41 heavy (non-hydrogen) atoms. The summed E-state index contributed by atoms with van der Waals surface area (Å²) in [4.78, 5) is 64.8. The van der Waals surface area contributed by atoms with Crippen LogP contribution < -0.4 is 20.7 Å². The third-order valence-corrected chi connectivity index (χ3v) is 6.93. The fraction of sp³-hybridized carbons (Fsp3) is 0.621. The molecule has 1 aromatic carbocycles. The minimum Gasteiger partial charge on any atom is -0.496 e. The number of Topliss-reactive ketones (excluding diaryl/α,β-unsaturated/α-hetero) is 1. The van der Waals surface area contributed by atoms with Crippen molar-refractivity contribution in [3.05, 3.63) is 29.8 Å². The molecule has 0 aliphatic carbocycles. The molecule has 11 nitrogen and oxygen atoms in total. The maximum atomic E-state index is 13.5. The van der Waals surface area contributed by atoms with Crippen LogP contribution in [0.15, 0.2) is 24.3 Å². The fourth-order valence-corrected chi connectivity index (χ4v) is 4.30. The molecular formula is C29H45N3O8S. The van der Waals surface area contributed by atoms with Crippen molar-refractivity contribution in [2.24, 2.45) is 5.92 Å². The van der Waals surface area contributed by atoms with Gasteiger partial charge in [0.15, 0.2) is 5.78 Å². The number of esters is 1. The van der Waals surface area contributed by atoms with Gasteiger partial charge in [-0.05, 0) is 63.7 Å². The number of thioether (sulfide) groups is 1. The zero-order valence-corrected chi connectivity index (χ0v) is 26.1. The third kappa shape index (κ3) is 12.4. The normalized spacial score (nSPS) is 14.0. The molecule has 1 rings (SSSR count). The van der Waals surface area contributed by atoms with Gasteiger partial charge in [0.25, 0.3) is 0 Å². The van der Waals surface area contributed by atoms with Crippen molar-refractivity contribution in [3.63, 3.8) is 0 Å². The van der Waals surface area contributed by atoms with E-state index in [0.29, 0.717) is 23.5 Å². The van der Waals surface area contributed by atoms with E-state index >= 15 is 0 Å². The lowest BCUT2D eigenvalue weighted by Gasteiger charge is -2.27. The van der Waals surface area contributed by atoms with Gasteiger partial charge in [0.1, 0.15) is 29.5 Å². The van der Waals surface area contributed by atoms with Crippen LogP contribution in [-0.4, -0.2) is 79.6 Å². The zero-order chi connectivity index (χ0) is 31.2. The number of methoxy groups -OCH3 is 2. The Kier molecular flexibility index (Phi) is 15.3. The number of ketones is 1. The van der Waals surface area contributed by atoms with Crippen LogP contribution in [0.25, 0.3) is 0 Å². The van der Waals surface area contributed by atoms with Gasteiger partial charge < -0.3 is 30.2 Å². The van der Waals surface area contributed by atoms with Gasteiger partial charge >= 0.3 is 12.1 Å². The molecule has 0 unspecified atom stereocenters. The third-order valence-electron chi connectivity index (χ3n) is 6.28. The van der Waals surface area contributed by atoms with Gasteiger partial charge in [0, 0.05) is 6.42 Å². The molecule has 0 aliphatic heterocycles. The molecule has 1 aromatic rings. The Labute approximate surface area is 247 Å². The van der Waals surface area contributed by atoms with Gasteiger partial charge in [-0.1, -0.05) is 32.4 Å². The summed E-state index contributed by atoms with van der Waals surface area (Å²) in [5, 5.41) is 7.94. The molecule has 12 heteroatoms. The van der Waals surface area contributed by atoms with Gasteiger partial charge in [0.05, 0.1) is 19.8 Å². The van der Waals surface area contributed by atoms with Crippen LogP contribution in [0.3, 0.4) is 0 Å². The number of amides is 3. The predicted molar refractivity (Wildman–Crippen MR) is 158 cm³/mol. The molecule has 0 fully saturated rings. The average molecular weight is 596 g/mol. The van der Waals surface area contributed by atoms with Crippen molar-refractivity contribution in [1.82, 2.24) is 16.0 Å². The summed E-state index contributed by atoms with van der Waals surface area (Å²) in [5.74, 6) is -1.48. The number of benzene rings is 1. The molecule has 0 aliphatic rings. The highest BCUT2D eigenvalue weighted by atomic mass is 32.2. The first kappa shape index (κ1) is 35.7. The number of carbonyl (C=O) groups is 5. The lowest BCUT2D eigenvalue weighted by atomic mass is 9.97. The van der Waals surface area contributed by atoms with E-state index in [2.05, 4.69) is 16.0 Å². The number of hydrogen-bond acceptors (Lipinski definition) is 9. The number of rotatable bonds is 16. The van der Waals surface area contributed by atoms with Gasteiger partial charge in [-0.15, -0.1) is 0 Å². The Balaban J connectivity index is 3.23. The van der Waals surface area contributed by atoms with Crippen molar-refractivity contribution >= 4 is 41.4 Å². The lowest BCUT2D eigenvalue weighted by molar-refractivity contribution is -0.147. The van der Waals surface area contributed by atoms with Crippen LogP contribution in [0.4, 0.5) is 4.79 Å². The predicted octanol–water partition coefficient (Wildman–Crippen LogP) is 3.49. The van der Waals surface area contributed by atoms with E-state index in [1.54, 1.807) is 52.0 Å². The Hall–Kier alpha value is -3.28. The van der Waals surface area contributed by atoms with E-state index in [1.165, 1.54) is 26.0 Å². The highest BCUT2D eigenvalue weighted by molar-refractivity contribution is 7.98. The number of carbonyl (C=O) groups excluding carboxylic acids is 5. The standard InChI is InChI=1S/C29H45N3O8S/c1-9-18(2)24(27(36)39-7)32-26(35)20(14-15-22(33)19-12-10-11-13-23(19)38-6)30-25(34)21(16-17-41-8)31-28(37)40-29(3,4)5/h10-13,18,20-21,24H,9,14-17H2,1-8H3,(H,30,34)(H,31,37)(H,32,35)/t18-,20-,21-,24-/m0/s1. The fourth-order valence-electron chi connectivity index (χ4n) is 3.83. The minimum atomic E-state index is -1.19. The van der Waals surface area contributed by atoms with Crippen LogP contribution >= 0.6 is 11.8 Å². The highest BCUT2D eigenvalue weighted by Gasteiger charge is 2.33. The average Bonchev–Trinajstić information content (AvgIpc) is 2.93. The highest BCUT2D eigenvalue weighted by Crippen LogP contribution is 2.20. The molecule has 4 atom stereocenters. The molecular weight excluding hydrogens is 550 g/mol. The van der Waals surface area contributed by atoms with E-state index < -0.39 is 47.6 Å². The van der Waals surface area contributed by atoms with Gasteiger partial charge in [-0.3, -0.25) is 14.4 Å². The molecule has 0 bridgehead atoms. The maximum absolute atomic E-state index is 13.5. The maximum Gasteiger partial charge on any atom is 0.408 e. The Morgan fingerprint density at radius 1 is 0.927 bits per heavy atom. The van der Waals surface area contributed by atoms with Crippen molar-refractivity contribution in [3.8, 4) is 5.75 Å². The molecule has 0 heterocycles. The monoisotopic (exact) mass is 595 g/mol. The second kappa shape index (κ2) is 17.5. The first-order chi connectivity index (χ1) is 19.3. The SMILES string of the molecule is CC[C@H](C)[C@H](NC(=O)[C@H](CCC(=O)c1ccccc1OC)NC(=O)[C@H](CCSC)NC(=O)OC(C)(C)C)C(=O)OC. The van der Waals surface area contributed by atoms with Crippen molar-refractivity contribution in [2.45, 2.75) is 84.0 Å². The topological polar surface area (TPSA) is 149 Å². The van der Waals surface area contributed by atoms with Gasteiger partial charge in [0.2, 0.25) is 11.8 Å². The number of nitrogens with one attached hydrogen (secondary N) is 3. The number of alkyl carbamates (subject to hydrolysis) is 1. The summed E-state index contributed by atoms with van der Waals surface area (Å²) in [6.07, 6.45) is 1.79. The molecule has 0 radical (unpaired) electrons. The largest absolute Gasteiger partial charge is 0.496 e. The molecule has 0 aromatic heterocycles. The molecule has 3 N–H and O–H groups in total. The van der Waals surface area contributed by atoms with Crippen molar-refractivity contribution < 1.29 is 38.2 Å². The van der Waals surface area contributed by atoms with Crippen molar-refractivity contribution in [1.29, 1.82) is 0 Å². The number of para-hydroxylation sites is 1. The van der Waals surface area contributed by atoms with E-state index in [-0.39, 0.29) is 31.0 Å². The van der Waals surface area contributed by atoms with Crippen LogP contribution in [0.2, 0.25) is 0 Å². The van der Waals surface area contributed by atoms with Crippen LogP contribution in [0, 0.1) is 5.92 Å². The summed E-state index contributed by atoms with van der Waals surface area (Å²) in [6.45, 7) is 8.79. The van der Waals surface area contributed by atoms with E-state index in [4.69, 9.17) is 14.2 Å². The van der Waals surface area contributed by atoms with Gasteiger partial charge in [-0.25, -0.2) is 9.59 Å². The second-order valence-electron chi connectivity index (χ2n) is 10.6. The van der Waals surface area contributed by atoms with E-state index in [0.717, 1.165) is 0 Å². The summed E-state index contributed by atoms with van der Waals surface area (Å²) < 4.78 is 15.5. The lowest BCUT2D eigenvalue weighted by Crippen LogP contribution is -2.57. The number of hydrogen-bond donors (Lipinski definition) is 3. The van der Waals surface area contributed by atoms with Crippen molar-refractivity contribution in [2.75, 3.05) is 26.2 Å². The summed E-state index contributed by atoms with van der Waals surface area (Å²) in [6, 6.07) is 3.58. The van der Waals surface area contributed by atoms with Crippen LogP contribution in [0.5, 0.6) is 5.75 Å². The quantitative estimate of drug-likeness (QED) is 0.193. The summed E-state index contributed by atoms with van der Waals surface area (Å²) >= 11 is 1.49.